The fourth-order valence-corrected chi connectivity index (χ4v) is 7.65. The van der Waals surface area contributed by atoms with Crippen molar-refractivity contribution < 1.29 is 0 Å². The maximum absolute atomic E-state index is 5.35. The highest BCUT2D eigenvalue weighted by molar-refractivity contribution is 6.32. The van der Waals surface area contributed by atoms with Crippen LogP contribution in [0.15, 0.2) is 188 Å². The van der Waals surface area contributed by atoms with Gasteiger partial charge in [-0.1, -0.05) is 158 Å². The van der Waals surface area contributed by atoms with Crippen molar-refractivity contribution in [1.29, 1.82) is 0 Å². The minimum absolute atomic E-state index is 0.700. The maximum atomic E-state index is 5.35. The van der Waals surface area contributed by atoms with Crippen LogP contribution in [-0.2, 0) is 0 Å². The Morgan fingerprint density at radius 1 is 0.308 bits per heavy atom. The molecule has 0 bridgehead atoms. The molecule has 3 heteroatoms. The van der Waals surface area contributed by atoms with Crippen molar-refractivity contribution in [2.75, 3.05) is 0 Å². The molecule has 0 spiro atoms. The number of fused-ring (bicyclic) bond motifs is 8. The van der Waals surface area contributed by atoms with E-state index in [2.05, 4.69) is 169 Å². The molecule has 0 radical (unpaired) electrons. The van der Waals surface area contributed by atoms with Crippen LogP contribution >= 0.6 is 0 Å². The third-order valence-electron chi connectivity index (χ3n) is 10.2. The normalized spacial score (nSPS) is 11.5. The van der Waals surface area contributed by atoms with Crippen molar-refractivity contribution in [3.05, 3.63) is 188 Å². The molecular weight excluding hydrogens is 631 g/mol. The van der Waals surface area contributed by atoms with Crippen LogP contribution in [0.2, 0.25) is 0 Å². The Kier molecular flexibility index (Phi) is 7.14. The fourth-order valence-electron chi connectivity index (χ4n) is 7.65. The summed E-state index contributed by atoms with van der Waals surface area (Å²) in [5.74, 6) is 0.700. The summed E-state index contributed by atoms with van der Waals surface area (Å²) in [5, 5.41) is 9.76. The van der Waals surface area contributed by atoms with Crippen molar-refractivity contribution in [2.24, 2.45) is 0 Å². The first-order valence-corrected chi connectivity index (χ1v) is 17.6. The van der Waals surface area contributed by atoms with Gasteiger partial charge in [0.1, 0.15) is 0 Å². The lowest BCUT2D eigenvalue weighted by Crippen LogP contribution is -1.97. The molecule has 0 amide bonds. The molecule has 0 aliphatic heterocycles. The molecular formula is C49H31N3. The highest BCUT2D eigenvalue weighted by Gasteiger charge is 2.18. The lowest BCUT2D eigenvalue weighted by Gasteiger charge is -2.16. The monoisotopic (exact) mass is 661 g/mol. The average molecular weight is 662 g/mol. The number of hydrogen-bond acceptors (Lipinski definition) is 3. The van der Waals surface area contributed by atoms with Gasteiger partial charge < -0.3 is 0 Å². The smallest absolute Gasteiger partial charge is 0.161 e. The van der Waals surface area contributed by atoms with Crippen LogP contribution in [0, 0.1) is 0 Å². The van der Waals surface area contributed by atoms with Crippen LogP contribution in [0.3, 0.4) is 0 Å². The standard InChI is InChI=1S/C49H31N3/c1-2-11-32(12-3-1)33-20-24-35(25-21-33)46-30-47(36-26-22-34(23-27-36)37-13-10-28-50-31-37)52-49(51-46)45-29-44-40-16-5-4-14-38(40)39-15-6-8-18-42(39)48(44)43-19-9-7-17-41(43)45/h1-31H. The summed E-state index contributed by atoms with van der Waals surface area (Å²) in [6.07, 6.45) is 3.70. The van der Waals surface area contributed by atoms with Gasteiger partial charge in [-0.15, -0.1) is 0 Å². The summed E-state index contributed by atoms with van der Waals surface area (Å²) < 4.78 is 0. The van der Waals surface area contributed by atoms with Gasteiger partial charge in [0.25, 0.3) is 0 Å². The van der Waals surface area contributed by atoms with Gasteiger partial charge in [0, 0.05) is 29.1 Å². The quantitative estimate of drug-likeness (QED) is 0.172. The molecule has 2 heterocycles. The zero-order chi connectivity index (χ0) is 34.4. The van der Waals surface area contributed by atoms with Gasteiger partial charge in [-0.2, -0.15) is 0 Å². The topological polar surface area (TPSA) is 38.7 Å². The van der Waals surface area contributed by atoms with E-state index in [0.717, 1.165) is 44.6 Å². The summed E-state index contributed by atoms with van der Waals surface area (Å²) in [6.45, 7) is 0. The van der Waals surface area contributed by atoms with Crippen LogP contribution in [-0.4, -0.2) is 15.0 Å². The van der Waals surface area contributed by atoms with E-state index in [1.54, 1.807) is 6.20 Å². The van der Waals surface area contributed by atoms with Crippen LogP contribution in [0.1, 0.15) is 0 Å². The summed E-state index contributed by atoms with van der Waals surface area (Å²) in [7, 11) is 0. The second-order valence-electron chi connectivity index (χ2n) is 13.2. The molecule has 0 unspecified atom stereocenters. The number of nitrogens with zero attached hydrogens (tertiary/aromatic N) is 3. The first-order chi connectivity index (χ1) is 25.8. The summed E-state index contributed by atoms with van der Waals surface area (Å²) in [4.78, 5) is 15.0. The Hall–Kier alpha value is -6.97. The zero-order valence-corrected chi connectivity index (χ0v) is 28.2. The molecule has 52 heavy (non-hydrogen) atoms. The molecule has 8 aromatic carbocycles. The van der Waals surface area contributed by atoms with Crippen LogP contribution < -0.4 is 0 Å². The third kappa shape index (κ3) is 5.10. The first kappa shape index (κ1) is 29.9. The van der Waals surface area contributed by atoms with Crippen molar-refractivity contribution in [3.8, 4) is 56.2 Å². The van der Waals surface area contributed by atoms with Crippen molar-refractivity contribution in [3.63, 3.8) is 0 Å². The Bertz CT molecular complexity index is 2820. The second kappa shape index (κ2) is 12.4. The molecule has 0 aliphatic rings. The predicted molar refractivity (Wildman–Crippen MR) is 217 cm³/mol. The van der Waals surface area contributed by atoms with Crippen molar-refractivity contribution in [2.45, 2.75) is 0 Å². The first-order valence-electron chi connectivity index (χ1n) is 17.6. The van der Waals surface area contributed by atoms with Gasteiger partial charge in [-0.25, -0.2) is 9.97 Å². The number of aromatic nitrogens is 3. The van der Waals surface area contributed by atoms with Gasteiger partial charge in [0.15, 0.2) is 5.82 Å². The van der Waals surface area contributed by atoms with E-state index in [1.807, 2.05) is 18.3 Å². The van der Waals surface area contributed by atoms with E-state index < -0.39 is 0 Å². The van der Waals surface area contributed by atoms with E-state index in [9.17, 15) is 0 Å². The van der Waals surface area contributed by atoms with E-state index in [1.165, 1.54) is 48.8 Å². The highest BCUT2D eigenvalue weighted by atomic mass is 14.9. The minimum Gasteiger partial charge on any atom is -0.264 e. The molecule has 0 aliphatic carbocycles. The number of hydrogen-bond donors (Lipinski definition) is 0. The molecule has 0 saturated carbocycles. The van der Waals surface area contributed by atoms with E-state index in [-0.39, 0.29) is 0 Å². The summed E-state index contributed by atoms with van der Waals surface area (Å²) in [5.41, 5.74) is 9.39. The van der Waals surface area contributed by atoms with Crippen LogP contribution in [0.25, 0.3) is 99.2 Å². The van der Waals surface area contributed by atoms with Crippen LogP contribution in [0.4, 0.5) is 0 Å². The molecule has 3 nitrogen and oxygen atoms in total. The largest absolute Gasteiger partial charge is 0.264 e. The van der Waals surface area contributed by atoms with Gasteiger partial charge in [-0.3, -0.25) is 4.98 Å². The SMILES string of the molecule is c1ccc(-c2ccc(-c3cc(-c4ccc(-c5cccnc5)cc4)nc(-c4cc5c6ccccc6c6ccccc6c5c5ccccc45)n3)cc2)cc1. The number of rotatable bonds is 5. The lowest BCUT2D eigenvalue weighted by atomic mass is 9.89. The van der Waals surface area contributed by atoms with E-state index >= 15 is 0 Å². The Balaban J connectivity index is 1.22. The molecule has 0 saturated heterocycles. The van der Waals surface area contributed by atoms with Gasteiger partial charge in [-0.05, 0) is 83.5 Å². The molecule has 0 atom stereocenters. The van der Waals surface area contributed by atoms with Gasteiger partial charge >= 0.3 is 0 Å². The Morgan fingerprint density at radius 2 is 0.750 bits per heavy atom. The molecule has 10 rings (SSSR count). The summed E-state index contributed by atoms with van der Waals surface area (Å²) >= 11 is 0. The number of benzene rings is 8. The Labute approximate surface area is 301 Å². The Morgan fingerprint density at radius 3 is 1.35 bits per heavy atom. The minimum atomic E-state index is 0.700. The zero-order valence-electron chi connectivity index (χ0n) is 28.2. The third-order valence-corrected chi connectivity index (χ3v) is 10.2. The fraction of sp³-hybridized carbons (Fsp3) is 0. The molecule has 0 fully saturated rings. The lowest BCUT2D eigenvalue weighted by molar-refractivity contribution is 1.19. The van der Waals surface area contributed by atoms with Crippen molar-refractivity contribution in [1.82, 2.24) is 15.0 Å². The van der Waals surface area contributed by atoms with Crippen LogP contribution in [0.5, 0.6) is 0 Å². The predicted octanol–water partition coefficient (Wildman–Crippen LogP) is 12.8. The van der Waals surface area contributed by atoms with Crippen molar-refractivity contribution >= 4 is 43.1 Å². The summed E-state index contributed by atoms with van der Waals surface area (Å²) in [6, 6.07) is 62.4. The number of pyridine rings is 1. The molecule has 2 aromatic heterocycles. The molecule has 242 valence electrons. The average Bonchev–Trinajstić information content (AvgIpc) is 3.24. The van der Waals surface area contributed by atoms with Gasteiger partial charge in [0.2, 0.25) is 0 Å². The highest BCUT2D eigenvalue weighted by Crippen LogP contribution is 2.42. The molecule has 0 N–H and O–H groups in total. The van der Waals surface area contributed by atoms with Gasteiger partial charge in [0.05, 0.1) is 11.4 Å². The molecule has 10 aromatic rings. The van der Waals surface area contributed by atoms with E-state index in [0.29, 0.717) is 5.82 Å². The second-order valence-corrected chi connectivity index (χ2v) is 13.2. The van der Waals surface area contributed by atoms with E-state index in [4.69, 9.17) is 9.97 Å². The maximum Gasteiger partial charge on any atom is 0.161 e.